The van der Waals surface area contributed by atoms with E-state index in [9.17, 15) is 0 Å². The molecule has 2 aromatic rings. The maximum absolute atomic E-state index is 3.22. The van der Waals surface area contributed by atoms with E-state index in [0.29, 0.717) is 0 Å². The quantitative estimate of drug-likeness (QED) is 0.681. The summed E-state index contributed by atoms with van der Waals surface area (Å²) in [6.07, 6.45) is 4.53. The van der Waals surface area contributed by atoms with Crippen molar-refractivity contribution in [1.29, 1.82) is 0 Å². The highest BCUT2D eigenvalue weighted by Crippen LogP contribution is 2.08. The number of aryl methyl sites for hydroxylation is 1. The van der Waals surface area contributed by atoms with Crippen LogP contribution in [0.4, 0.5) is 0 Å². The van der Waals surface area contributed by atoms with Crippen LogP contribution in [0.25, 0.3) is 0 Å². The maximum Gasteiger partial charge on any atom is 0.0249 e. The van der Waals surface area contributed by atoms with Crippen LogP contribution in [0.5, 0.6) is 0 Å². The highest BCUT2D eigenvalue weighted by molar-refractivity contribution is 5.46. The summed E-state index contributed by atoms with van der Waals surface area (Å²) in [5.41, 5.74) is 4.53. The van der Waals surface area contributed by atoms with Gasteiger partial charge in [-0.25, -0.2) is 0 Å². The molecule has 0 radical (unpaired) electrons. The molecule has 2 rings (SSSR count). The van der Waals surface area contributed by atoms with Crippen LogP contribution in [-0.4, -0.2) is 0 Å². The second-order valence-electron chi connectivity index (χ2n) is 5.28. The Kier molecular flexibility index (Phi) is 6.35. The number of rotatable bonds is 3. The predicted octanol–water partition coefficient (Wildman–Crippen LogP) is 5.19. The Bertz CT molecular complexity index is 695. The summed E-state index contributed by atoms with van der Waals surface area (Å²) in [5.74, 6) is 12.6. The summed E-state index contributed by atoms with van der Waals surface area (Å²) in [7, 11) is 0. The number of benzene rings is 2. The zero-order valence-corrected chi connectivity index (χ0v) is 13.4. The van der Waals surface area contributed by atoms with E-state index >= 15 is 0 Å². The first kappa shape index (κ1) is 15.9. The Morgan fingerprint density at radius 2 is 1.18 bits per heavy atom. The molecule has 0 saturated carbocycles. The molecule has 0 fully saturated rings. The van der Waals surface area contributed by atoms with E-state index in [1.165, 1.54) is 18.4 Å². The van der Waals surface area contributed by atoms with Crippen molar-refractivity contribution in [1.82, 2.24) is 0 Å². The first-order valence-electron chi connectivity index (χ1n) is 8.01. The van der Waals surface area contributed by atoms with Crippen molar-refractivity contribution in [2.45, 2.75) is 39.5 Å². The molecule has 0 bridgehead atoms. The van der Waals surface area contributed by atoms with Gasteiger partial charge in [-0.3, -0.25) is 0 Å². The van der Waals surface area contributed by atoms with Gasteiger partial charge in [0, 0.05) is 23.1 Å². The van der Waals surface area contributed by atoms with E-state index in [0.717, 1.165) is 29.5 Å². The zero-order valence-electron chi connectivity index (χ0n) is 13.4. The molecule has 0 aromatic heterocycles. The average molecular weight is 286 g/mol. The molecule has 0 aliphatic heterocycles. The lowest BCUT2D eigenvalue weighted by molar-refractivity contribution is 0.795. The van der Waals surface area contributed by atoms with Crippen molar-refractivity contribution in [3.8, 4) is 23.7 Å². The second-order valence-corrected chi connectivity index (χ2v) is 5.28. The van der Waals surface area contributed by atoms with Gasteiger partial charge in [0.05, 0.1) is 0 Å². The van der Waals surface area contributed by atoms with Crippen LogP contribution in [0.1, 0.15) is 55.4 Å². The molecule has 0 nitrogen and oxygen atoms in total. The molecular formula is C22H22. The number of hydrogen-bond donors (Lipinski definition) is 0. The van der Waals surface area contributed by atoms with Gasteiger partial charge in [-0.1, -0.05) is 56.1 Å². The molecule has 110 valence electrons. The van der Waals surface area contributed by atoms with Crippen LogP contribution < -0.4 is 0 Å². The van der Waals surface area contributed by atoms with Crippen LogP contribution >= 0.6 is 0 Å². The molecule has 0 unspecified atom stereocenters. The molecule has 22 heavy (non-hydrogen) atoms. The van der Waals surface area contributed by atoms with Gasteiger partial charge in [-0.15, -0.1) is 0 Å². The van der Waals surface area contributed by atoms with Gasteiger partial charge >= 0.3 is 0 Å². The lowest BCUT2D eigenvalue weighted by Crippen LogP contribution is -1.84. The third-order valence-electron chi connectivity index (χ3n) is 3.42. The molecule has 0 heteroatoms. The van der Waals surface area contributed by atoms with Crippen molar-refractivity contribution >= 4 is 0 Å². The smallest absolute Gasteiger partial charge is 0.0249 e. The van der Waals surface area contributed by atoms with Crippen molar-refractivity contribution in [2.75, 3.05) is 0 Å². The molecule has 0 aliphatic rings. The molecule has 0 spiro atoms. The molecule has 0 heterocycles. The summed E-state index contributed by atoms with van der Waals surface area (Å²) in [4.78, 5) is 0. The second kappa shape index (κ2) is 8.76. The lowest BCUT2D eigenvalue weighted by Gasteiger charge is -1.99. The molecule has 0 saturated heterocycles. The maximum atomic E-state index is 3.22. The molecule has 0 N–H and O–H groups in total. The number of unbranched alkanes of at least 4 members (excludes halogenated alkanes) is 1. The highest BCUT2D eigenvalue weighted by Gasteiger charge is 1.93. The van der Waals surface area contributed by atoms with E-state index in [1.807, 2.05) is 24.3 Å². The standard InChI is InChI=1S/C22H22/c1-3-5-7-19-9-13-21(14-10-19)17-18-22-15-11-20(12-16-22)8-6-4-2/h9-16H,3-5,7H2,1-2H3. The minimum atomic E-state index is 0.885. The summed E-state index contributed by atoms with van der Waals surface area (Å²) >= 11 is 0. The van der Waals surface area contributed by atoms with Crippen LogP contribution in [0, 0.1) is 23.7 Å². The van der Waals surface area contributed by atoms with Gasteiger partial charge in [0.15, 0.2) is 0 Å². The normalized spacial score (nSPS) is 9.36. The highest BCUT2D eigenvalue weighted by atomic mass is 14.0. The van der Waals surface area contributed by atoms with E-state index < -0.39 is 0 Å². The van der Waals surface area contributed by atoms with Gasteiger partial charge in [-0.2, -0.15) is 0 Å². The van der Waals surface area contributed by atoms with Gasteiger partial charge in [0.25, 0.3) is 0 Å². The number of hydrogen-bond acceptors (Lipinski definition) is 0. The van der Waals surface area contributed by atoms with Gasteiger partial charge < -0.3 is 0 Å². The molecule has 0 atom stereocenters. The first-order valence-corrected chi connectivity index (χ1v) is 8.01. The molecule has 0 amide bonds. The summed E-state index contributed by atoms with van der Waals surface area (Å²) < 4.78 is 0. The monoisotopic (exact) mass is 286 g/mol. The molecule has 2 aromatic carbocycles. The fourth-order valence-corrected chi connectivity index (χ4v) is 2.11. The predicted molar refractivity (Wildman–Crippen MR) is 94.6 cm³/mol. The molecule has 0 aliphatic carbocycles. The van der Waals surface area contributed by atoms with Crippen molar-refractivity contribution in [2.24, 2.45) is 0 Å². The Balaban J connectivity index is 2.03. The van der Waals surface area contributed by atoms with Crippen molar-refractivity contribution in [3.05, 3.63) is 70.8 Å². The largest absolute Gasteiger partial charge is 0.0982 e. The Labute approximate surface area is 134 Å². The van der Waals surface area contributed by atoms with E-state index in [1.54, 1.807) is 0 Å². The van der Waals surface area contributed by atoms with Gasteiger partial charge in [0.2, 0.25) is 0 Å². The Hall–Kier alpha value is -2.44. The van der Waals surface area contributed by atoms with Crippen LogP contribution in [0.15, 0.2) is 48.5 Å². The summed E-state index contributed by atoms with van der Waals surface area (Å²) in [5, 5.41) is 0. The fraction of sp³-hybridized carbons (Fsp3) is 0.273. The third kappa shape index (κ3) is 5.16. The van der Waals surface area contributed by atoms with E-state index in [-0.39, 0.29) is 0 Å². The van der Waals surface area contributed by atoms with Gasteiger partial charge in [0.1, 0.15) is 0 Å². The minimum absolute atomic E-state index is 0.885. The van der Waals surface area contributed by atoms with Crippen LogP contribution in [0.3, 0.4) is 0 Å². The minimum Gasteiger partial charge on any atom is -0.0982 e. The summed E-state index contributed by atoms with van der Waals surface area (Å²) in [6, 6.07) is 16.7. The summed E-state index contributed by atoms with van der Waals surface area (Å²) in [6.45, 7) is 4.28. The third-order valence-corrected chi connectivity index (χ3v) is 3.42. The van der Waals surface area contributed by atoms with E-state index in [2.05, 4.69) is 61.8 Å². The SMILES string of the molecule is CCC#Cc1ccc(C#Cc2ccc(CCCC)cc2)cc1. The van der Waals surface area contributed by atoms with Gasteiger partial charge in [-0.05, 0) is 54.8 Å². The van der Waals surface area contributed by atoms with Crippen molar-refractivity contribution < 1.29 is 0 Å². The zero-order chi connectivity index (χ0) is 15.6. The fourth-order valence-electron chi connectivity index (χ4n) is 2.11. The van der Waals surface area contributed by atoms with Crippen molar-refractivity contribution in [3.63, 3.8) is 0 Å². The first-order chi connectivity index (χ1) is 10.8. The topological polar surface area (TPSA) is 0 Å². The van der Waals surface area contributed by atoms with E-state index in [4.69, 9.17) is 0 Å². The average Bonchev–Trinajstić information content (AvgIpc) is 2.58. The van der Waals surface area contributed by atoms with Crippen LogP contribution in [0.2, 0.25) is 0 Å². The Morgan fingerprint density at radius 3 is 1.68 bits per heavy atom. The Morgan fingerprint density at radius 1 is 0.682 bits per heavy atom. The van der Waals surface area contributed by atoms with Crippen LogP contribution in [-0.2, 0) is 6.42 Å². The lowest BCUT2D eigenvalue weighted by atomic mass is 10.1. The molecular weight excluding hydrogens is 264 g/mol.